The summed E-state index contributed by atoms with van der Waals surface area (Å²) >= 11 is 6.45. The first-order valence-corrected chi connectivity index (χ1v) is 13.4. The predicted molar refractivity (Wildman–Crippen MR) is 159 cm³/mol. The third kappa shape index (κ3) is 6.77. The second-order valence-corrected chi connectivity index (χ2v) is 10.0. The van der Waals surface area contributed by atoms with Crippen LogP contribution in [0.1, 0.15) is 18.1 Å². The number of piperazine rings is 1. The van der Waals surface area contributed by atoms with E-state index < -0.39 is 23.8 Å². The molecule has 0 radical (unpaired) electrons. The smallest absolute Gasteiger partial charge is 0.383 e. The molecule has 2 amide bonds. The van der Waals surface area contributed by atoms with Crippen LogP contribution in [0.4, 0.5) is 24.5 Å². The minimum Gasteiger partial charge on any atom is -0.383 e. The predicted octanol–water partition coefficient (Wildman–Crippen LogP) is 4.45. The standard InChI is InChI=1S/C29H29ClF3N7O2/c1-4-40-26(36-20-6-8-21(9-7-20)39-13-11-38(3)12-14-39)19(17-35-2)15-23(27(40)41)22-10-5-18(16-24(22)30)25(34)37-28(42)29(31,32)33/h5-10,15-17H,2,4,11-14H2,1,3H3,(H2,34,37,42)/b19-17-,36-26?. The molecule has 0 spiro atoms. The van der Waals surface area contributed by atoms with Crippen LogP contribution in [-0.2, 0) is 9.59 Å². The summed E-state index contributed by atoms with van der Waals surface area (Å²) < 4.78 is 37.7. The number of hydrogen-bond donors (Lipinski definition) is 1. The molecule has 220 valence electrons. The average Bonchev–Trinajstić information content (AvgIpc) is 2.95. The van der Waals surface area contributed by atoms with E-state index in [1.807, 2.05) is 24.3 Å². The molecular formula is C29H29ClF3N7O2. The summed E-state index contributed by atoms with van der Waals surface area (Å²) in [6.07, 6.45) is -2.11. The van der Waals surface area contributed by atoms with Crippen LogP contribution in [0, 0.1) is 0 Å². The highest BCUT2D eigenvalue weighted by molar-refractivity contribution is 6.38. The van der Waals surface area contributed by atoms with Crippen molar-refractivity contribution in [3.05, 3.63) is 76.5 Å². The van der Waals surface area contributed by atoms with Crippen LogP contribution in [-0.4, -0.2) is 86.0 Å². The van der Waals surface area contributed by atoms with Crippen molar-refractivity contribution < 1.29 is 22.8 Å². The number of halogens is 4. The monoisotopic (exact) mass is 599 g/mol. The topological polar surface area (TPSA) is 107 Å². The van der Waals surface area contributed by atoms with Gasteiger partial charge in [-0.25, -0.2) is 4.99 Å². The summed E-state index contributed by atoms with van der Waals surface area (Å²) in [5.41, 5.74) is 8.33. The lowest BCUT2D eigenvalue weighted by Gasteiger charge is -2.34. The number of carbonyl (C=O) groups excluding carboxylic acids is 2. The number of anilines is 1. The van der Waals surface area contributed by atoms with Crippen LogP contribution in [0.15, 0.2) is 75.3 Å². The normalized spacial score (nSPS) is 19.0. The van der Waals surface area contributed by atoms with Gasteiger partial charge in [0, 0.05) is 71.9 Å². The van der Waals surface area contributed by atoms with Gasteiger partial charge < -0.3 is 15.5 Å². The van der Waals surface area contributed by atoms with E-state index in [1.54, 1.807) is 13.0 Å². The Bertz CT molecular complexity index is 1510. The Morgan fingerprint density at radius 1 is 1.12 bits per heavy atom. The van der Waals surface area contributed by atoms with Crippen molar-refractivity contribution in [2.45, 2.75) is 13.1 Å². The molecule has 2 aromatic rings. The van der Waals surface area contributed by atoms with Gasteiger partial charge in [0.25, 0.3) is 5.91 Å². The van der Waals surface area contributed by atoms with Crippen LogP contribution < -0.4 is 10.6 Å². The summed E-state index contributed by atoms with van der Waals surface area (Å²) in [6, 6.07) is 11.8. The first-order valence-electron chi connectivity index (χ1n) is 13.0. The number of rotatable bonds is 6. The maximum Gasteiger partial charge on any atom is 0.473 e. The van der Waals surface area contributed by atoms with Gasteiger partial charge in [-0.15, -0.1) is 0 Å². The Balaban J connectivity index is 1.66. The maximum atomic E-state index is 13.6. The zero-order chi connectivity index (χ0) is 30.6. The SMILES string of the molecule is C=N/C=C1/C=C(c2ccc(C(N)=NC(=O)C(F)(F)F)cc2Cl)C(=O)N(CC)C1=Nc1ccc(N2CCN(C)CC2)cc1. The van der Waals surface area contributed by atoms with Gasteiger partial charge >= 0.3 is 12.1 Å². The molecule has 2 aliphatic rings. The number of alkyl halides is 3. The molecule has 0 atom stereocenters. The zero-order valence-electron chi connectivity index (χ0n) is 23.0. The second kappa shape index (κ2) is 12.7. The van der Waals surface area contributed by atoms with Crippen LogP contribution in [0.5, 0.6) is 0 Å². The van der Waals surface area contributed by atoms with Gasteiger partial charge in [0.2, 0.25) is 0 Å². The lowest BCUT2D eigenvalue weighted by molar-refractivity contribution is -0.169. The number of nitrogens with two attached hydrogens (primary N) is 1. The quantitative estimate of drug-likeness (QED) is 0.390. The third-order valence-electron chi connectivity index (χ3n) is 6.81. The van der Waals surface area contributed by atoms with E-state index in [0.717, 1.165) is 31.9 Å². The highest BCUT2D eigenvalue weighted by Gasteiger charge is 2.39. The van der Waals surface area contributed by atoms with E-state index in [-0.39, 0.29) is 22.7 Å². The Hall–Kier alpha value is -4.29. The van der Waals surface area contributed by atoms with Crippen LogP contribution >= 0.6 is 11.6 Å². The van der Waals surface area contributed by atoms with Crippen LogP contribution in [0.2, 0.25) is 5.02 Å². The number of amides is 2. The summed E-state index contributed by atoms with van der Waals surface area (Å²) in [5.74, 6) is -3.01. The number of nitrogens with zero attached hydrogens (tertiary/aromatic N) is 6. The van der Waals surface area contributed by atoms with E-state index in [1.165, 1.54) is 29.3 Å². The largest absolute Gasteiger partial charge is 0.473 e. The van der Waals surface area contributed by atoms with Gasteiger partial charge in [-0.2, -0.15) is 18.2 Å². The number of hydrogen-bond acceptors (Lipinski definition) is 6. The average molecular weight is 600 g/mol. The molecule has 2 N–H and O–H groups in total. The first kappa shape index (κ1) is 30.7. The number of benzene rings is 2. The van der Waals surface area contributed by atoms with Gasteiger partial charge in [0.05, 0.1) is 5.69 Å². The Labute approximate surface area is 246 Å². The molecule has 1 fully saturated rings. The molecule has 0 unspecified atom stereocenters. The van der Waals surface area contributed by atoms with Crippen LogP contribution in [0.3, 0.4) is 0 Å². The second-order valence-electron chi connectivity index (χ2n) is 9.61. The number of likely N-dealkylation sites (N-methyl/N-ethyl adjacent to an activating group) is 2. The van der Waals surface area contributed by atoms with E-state index in [0.29, 0.717) is 22.7 Å². The fourth-order valence-electron chi connectivity index (χ4n) is 4.54. The fraction of sp³-hybridized carbons (Fsp3) is 0.276. The van der Waals surface area contributed by atoms with Gasteiger partial charge in [0.1, 0.15) is 11.7 Å². The molecule has 1 saturated heterocycles. The summed E-state index contributed by atoms with van der Waals surface area (Å²) in [5, 5.41) is 0.0200. The summed E-state index contributed by atoms with van der Waals surface area (Å²) in [7, 11) is 2.10. The van der Waals surface area contributed by atoms with Gasteiger partial charge in [-0.05, 0) is 57.1 Å². The molecular weight excluding hydrogens is 571 g/mol. The molecule has 42 heavy (non-hydrogen) atoms. The van der Waals surface area contributed by atoms with Crippen molar-refractivity contribution in [3.8, 4) is 0 Å². The van der Waals surface area contributed by atoms with Gasteiger partial charge in [0.15, 0.2) is 0 Å². The van der Waals surface area contributed by atoms with Crippen molar-refractivity contribution in [1.29, 1.82) is 0 Å². The Kier molecular flexibility index (Phi) is 9.27. The molecule has 2 heterocycles. The van der Waals surface area contributed by atoms with E-state index in [9.17, 15) is 22.8 Å². The lowest BCUT2D eigenvalue weighted by Crippen LogP contribution is -2.44. The molecule has 9 nitrogen and oxygen atoms in total. The van der Waals surface area contributed by atoms with Crippen molar-refractivity contribution in [2.24, 2.45) is 20.7 Å². The molecule has 0 aromatic heterocycles. The number of carbonyl (C=O) groups is 2. The molecule has 0 bridgehead atoms. The number of amidine groups is 2. The molecule has 2 aliphatic heterocycles. The van der Waals surface area contributed by atoms with Crippen LogP contribution in [0.25, 0.3) is 5.57 Å². The molecule has 2 aromatic carbocycles. The van der Waals surface area contributed by atoms with Crippen molar-refractivity contribution in [1.82, 2.24) is 9.80 Å². The van der Waals surface area contributed by atoms with Crippen molar-refractivity contribution >= 4 is 58.8 Å². The van der Waals surface area contributed by atoms with Gasteiger partial charge in [-0.1, -0.05) is 23.7 Å². The lowest BCUT2D eigenvalue weighted by atomic mass is 9.96. The minimum atomic E-state index is -5.16. The minimum absolute atomic E-state index is 0.0108. The third-order valence-corrected chi connectivity index (χ3v) is 7.12. The number of aliphatic imine (C=N–C) groups is 3. The summed E-state index contributed by atoms with van der Waals surface area (Å²) in [4.78, 5) is 42.4. The van der Waals surface area contributed by atoms with E-state index in [2.05, 4.69) is 33.5 Å². The highest BCUT2D eigenvalue weighted by atomic mass is 35.5. The molecule has 0 saturated carbocycles. The Morgan fingerprint density at radius 3 is 2.36 bits per heavy atom. The molecule has 4 rings (SSSR count). The van der Waals surface area contributed by atoms with E-state index in [4.69, 9.17) is 22.3 Å². The maximum absolute atomic E-state index is 13.6. The summed E-state index contributed by atoms with van der Waals surface area (Å²) in [6.45, 7) is 9.45. The highest BCUT2D eigenvalue weighted by Crippen LogP contribution is 2.33. The zero-order valence-corrected chi connectivity index (χ0v) is 23.8. The van der Waals surface area contributed by atoms with Crippen molar-refractivity contribution in [2.75, 3.05) is 44.7 Å². The molecule has 0 aliphatic carbocycles. The fourth-order valence-corrected chi connectivity index (χ4v) is 4.82. The molecule has 13 heteroatoms. The van der Waals surface area contributed by atoms with E-state index >= 15 is 0 Å². The van der Waals surface area contributed by atoms with Gasteiger partial charge in [-0.3, -0.25) is 19.5 Å². The first-order chi connectivity index (χ1) is 19.9. The van der Waals surface area contributed by atoms with Crippen molar-refractivity contribution in [3.63, 3.8) is 0 Å². The Morgan fingerprint density at radius 2 is 1.79 bits per heavy atom.